The lowest BCUT2D eigenvalue weighted by molar-refractivity contribution is -0.137. The molecule has 1 heterocycles. The minimum atomic E-state index is -4.59. The first-order valence-corrected chi connectivity index (χ1v) is 8.93. The van der Waals surface area contributed by atoms with Gasteiger partial charge in [0.25, 0.3) is 0 Å². The third-order valence-electron chi connectivity index (χ3n) is 4.16. The minimum Gasteiger partial charge on any atom is -0.368 e. The molecule has 1 amide bonds. The summed E-state index contributed by atoms with van der Waals surface area (Å²) in [6.45, 7) is 0. The molecule has 5 nitrogen and oxygen atoms in total. The Morgan fingerprint density at radius 2 is 1.69 bits per heavy atom. The first-order valence-electron chi connectivity index (χ1n) is 8.56. The Morgan fingerprint density at radius 1 is 1.03 bits per heavy atom. The molecule has 0 fully saturated rings. The SMILES string of the molecule is Nc1ncc(-c2ccc(CCC(=O)Nc3ccc(Cl)c(C(F)(F)F)c3)cc2)cn1. The van der Waals surface area contributed by atoms with Gasteiger partial charge in [-0.25, -0.2) is 9.97 Å². The van der Waals surface area contributed by atoms with Gasteiger partial charge >= 0.3 is 6.18 Å². The number of hydrogen-bond donors (Lipinski definition) is 2. The third kappa shape index (κ3) is 5.45. The molecular formula is C20H16ClF3N4O. The molecule has 0 bridgehead atoms. The zero-order chi connectivity index (χ0) is 21.0. The van der Waals surface area contributed by atoms with Crippen LogP contribution in [0, 0.1) is 0 Å². The maximum atomic E-state index is 12.9. The standard InChI is InChI=1S/C20H16ClF3N4O/c21-17-7-6-15(9-16(17)20(22,23)24)28-18(29)8-3-12-1-4-13(5-2-12)14-10-26-19(25)27-11-14/h1-2,4-7,9-11H,3,8H2,(H,28,29)(H2,25,26,27). The second-order valence-electron chi connectivity index (χ2n) is 6.27. The summed E-state index contributed by atoms with van der Waals surface area (Å²) >= 11 is 5.58. The summed E-state index contributed by atoms with van der Waals surface area (Å²) < 4.78 is 38.7. The van der Waals surface area contributed by atoms with Gasteiger partial charge in [-0.15, -0.1) is 0 Å². The van der Waals surface area contributed by atoms with Crippen molar-refractivity contribution in [2.24, 2.45) is 0 Å². The molecule has 0 aliphatic heterocycles. The first kappa shape index (κ1) is 20.6. The van der Waals surface area contributed by atoms with Crippen molar-refractivity contribution in [1.82, 2.24) is 9.97 Å². The number of alkyl halides is 3. The van der Waals surface area contributed by atoms with Gasteiger partial charge in [-0.05, 0) is 35.7 Å². The summed E-state index contributed by atoms with van der Waals surface area (Å²) in [5, 5.41) is 2.05. The van der Waals surface area contributed by atoms with Crippen LogP contribution in [0.15, 0.2) is 54.9 Å². The number of amides is 1. The van der Waals surface area contributed by atoms with Crippen molar-refractivity contribution in [3.8, 4) is 11.1 Å². The normalized spacial score (nSPS) is 11.3. The summed E-state index contributed by atoms with van der Waals surface area (Å²) in [6.07, 6.45) is -0.800. The Balaban J connectivity index is 1.59. The van der Waals surface area contributed by atoms with Crippen LogP contribution in [0.25, 0.3) is 11.1 Å². The molecule has 0 radical (unpaired) electrons. The highest BCUT2D eigenvalue weighted by Crippen LogP contribution is 2.36. The fourth-order valence-corrected chi connectivity index (χ4v) is 2.88. The highest BCUT2D eigenvalue weighted by molar-refractivity contribution is 6.31. The summed E-state index contributed by atoms with van der Waals surface area (Å²) in [5.74, 6) is -0.198. The zero-order valence-electron chi connectivity index (χ0n) is 15.0. The number of aryl methyl sites for hydroxylation is 1. The number of nitrogens with one attached hydrogen (secondary N) is 1. The molecule has 3 N–H and O–H groups in total. The van der Waals surface area contributed by atoms with Gasteiger partial charge in [0.15, 0.2) is 0 Å². The number of nitrogen functional groups attached to an aromatic ring is 1. The van der Waals surface area contributed by atoms with Gasteiger partial charge in [0.1, 0.15) is 0 Å². The predicted octanol–water partition coefficient (Wildman–Crippen LogP) is 4.97. The second kappa shape index (κ2) is 8.48. The van der Waals surface area contributed by atoms with Crippen LogP contribution in [0.5, 0.6) is 0 Å². The molecule has 0 saturated heterocycles. The number of nitrogens with zero attached hydrogens (tertiary/aromatic N) is 2. The molecule has 29 heavy (non-hydrogen) atoms. The molecule has 1 aromatic heterocycles. The van der Waals surface area contributed by atoms with Crippen LogP contribution < -0.4 is 11.1 Å². The maximum Gasteiger partial charge on any atom is 0.417 e. The molecule has 0 spiro atoms. The smallest absolute Gasteiger partial charge is 0.368 e. The van der Waals surface area contributed by atoms with Crippen LogP contribution >= 0.6 is 11.6 Å². The Hall–Kier alpha value is -3.13. The quantitative estimate of drug-likeness (QED) is 0.610. The van der Waals surface area contributed by atoms with Crippen molar-refractivity contribution in [2.45, 2.75) is 19.0 Å². The third-order valence-corrected chi connectivity index (χ3v) is 4.48. The van der Waals surface area contributed by atoms with Gasteiger partial charge in [0.05, 0.1) is 10.6 Å². The molecule has 0 unspecified atom stereocenters. The van der Waals surface area contributed by atoms with E-state index in [9.17, 15) is 18.0 Å². The highest BCUT2D eigenvalue weighted by Gasteiger charge is 2.33. The van der Waals surface area contributed by atoms with E-state index in [1.54, 1.807) is 12.4 Å². The van der Waals surface area contributed by atoms with Crippen molar-refractivity contribution in [3.63, 3.8) is 0 Å². The molecule has 0 aliphatic carbocycles. The van der Waals surface area contributed by atoms with E-state index in [1.165, 1.54) is 6.07 Å². The average molecular weight is 421 g/mol. The van der Waals surface area contributed by atoms with E-state index < -0.39 is 22.7 Å². The number of nitrogens with two attached hydrogens (primary N) is 1. The summed E-state index contributed by atoms with van der Waals surface area (Å²) in [6, 6.07) is 10.7. The van der Waals surface area contributed by atoms with Crippen molar-refractivity contribution in [2.75, 3.05) is 11.1 Å². The monoisotopic (exact) mass is 420 g/mol. The van der Waals surface area contributed by atoms with Crippen LogP contribution in [0.3, 0.4) is 0 Å². The van der Waals surface area contributed by atoms with E-state index in [-0.39, 0.29) is 18.1 Å². The number of benzene rings is 2. The minimum absolute atomic E-state index is 0.0467. The molecule has 3 rings (SSSR count). The van der Waals surface area contributed by atoms with E-state index >= 15 is 0 Å². The van der Waals surface area contributed by atoms with Crippen LogP contribution in [0.1, 0.15) is 17.5 Å². The lowest BCUT2D eigenvalue weighted by atomic mass is 10.0. The fraction of sp³-hybridized carbons (Fsp3) is 0.150. The number of aromatic nitrogens is 2. The van der Waals surface area contributed by atoms with E-state index in [1.807, 2.05) is 24.3 Å². The Kier molecular flexibility index (Phi) is 6.03. The Bertz CT molecular complexity index is 1010. The van der Waals surface area contributed by atoms with Gasteiger partial charge in [-0.2, -0.15) is 13.2 Å². The van der Waals surface area contributed by atoms with E-state index in [4.69, 9.17) is 17.3 Å². The van der Waals surface area contributed by atoms with Crippen molar-refractivity contribution in [3.05, 3.63) is 71.0 Å². The van der Waals surface area contributed by atoms with Crippen LogP contribution in [-0.4, -0.2) is 15.9 Å². The number of hydrogen-bond acceptors (Lipinski definition) is 4. The Labute approximate surface area is 169 Å². The molecule has 0 aliphatic rings. The predicted molar refractivity (Wildman–Crippen MR) is 105 cm³/mol. The van der Waals surface area contributed by atoms with Crippen LogP contribution in [0.4, 0.5) is 24.8 Å². The molecule has 0 atom stereocenters. The van der Waals surface area contributed by atoms with E-state index in [0.717, 1.165) is 28.8 Å². The summed E-state index contributed by atoms with van der Waals surface area (Å²) in [5.41, 5.74) is 7.15. The second-order valence-corrected chi connectivity index (χ2v) is 6.67. The molecule has 3 aromatic rings. The average Bonchev–Trinajstić information content (AvgIpc) is 2.68. The van der Waals surface area contributed by atoms with Crippen molar-refractivity contribution in [1.29, 1.82) is 0 Å². The van der Waals surface area contributed by atoms with Gasteiger partial charge < -0.3 is 11.1 Å². The summed E-state index contributed by atoms with van der Waals surface area (Å²) in [4.78, 5) is 20.0. The fourth-order valence-electron chi connectivity index (χ4n) is 2.65. The van der Waals surface area contributed by atoms with Gasteiger partial charge in [0, 0.05) is 30.1 Å². The molecule has 9 heteroatoms. The van der Waals surface area contributed by atoms with Crippen molar-refractivity contribution < 1.29 is 18.0 Å². The number of anilines is 2. The lowest BCUT2D eigenvalue weighted by Crippen LogP contribution is -2.14. The Morgan fingerprint density at radius 3 is 2.31 bits per heavy atom. The first-order chi connectivity index (χ1) is 13.7. The number of carbonyl (C=O) groups excluding carboxylic acids is 1. The van der Waals surface area contributed by atoms with Gasteiger partial charge in [-0.3, -0.25) is 4.79 Å². The number of carbonyl (C=O) groups is 1. The highest BCUT2D eigenvalue weighted by atomic mass is 35.5. The lowest BCUT2D eigenvalue weighted by Gasteiger charge is -2.12. The number of halogens is 4. The maximum absolute atomic E-state index is 12.9. The van der Waals surface area contributed by atoms with Crippen molar-refractivity contribution >= 4 is 29.1 Å². The largest absolute Gasteiger partial charge is 0.417 e. The van der Waals surface area contributed by atoms with Gasteiger partial charge in [-0.1, -0.05) is 35.9 Å². The topological polar surface area (TPSA) is 80.9 Å². The molecule has 0 saturated carbocycles. The van der Waals surface area contributed by atoms with E-state index in [2.05, 4.69) is 15.3 Å². The molecule has 2 aromatic carbocycles. The zero-order valence-corrected chi connectivity index (χ0v) is 15.8. The van der Waals surface area contributed by atoms with Crippen LogP contribution in [-0.2, 0) is 17.4 Å². The van der Waals surface area contributed by atoms with Gasteiger partial charge in [0.2, 0.25) is 11.9 Å². The van der Waals surface area contributed by atoms with E-state index in [0.29, 0.717) is 6.42 Å². The molecule has 150 valence electrons. The van der Waals surface area contributed by atoms with Crippen LogP contribution in [0.2, 0.25) is 5.02 Å². The number of rotatable bonds is 5. The summed E-state index contributed by atoms with van der Waals surface area (Å²) in [7, 11) is 0. The molecular weight excluding hydrogens is 405 g/mol.